The molecule has 14 heavy (non-hydrogen) atoms. The van der Waals surface area contributed by atoms with Crippen LogP contribution in [0.3, 0.4) is 0 Å². The van der Waals surface area contributed by atoms with Crippen LogP contribution in [-0.2, 0) is 20.7 Å². The summed E-state index contributed by atoms with van der Waals surface area (Å²) < 4.78 is 4.51. The van der Waals surface area contributed by atoms with Crippen LogP contribution >= 0.6 is 0 Å². The fraction of sp³-hybridized carbons (Fsp3) is 0.273. The van der Waals surface area contributed by atoms with Gasteiger partial charge in [-0.2, -0.15) is 0 Å². The van der Waals surface area contributed by atoms with Gasteiger partial charge in [-0.1, -0.05) is 24.3 Å². The van der Waals surface area contributed by atoms with E-state index in [0.717, 1.165) is 5.56 Å². The van der Waals surface area contributed by atoms with Gasteiger partial charge in [0.25, 0.3) is 0 Å². The average Bonchev–Trinajstić information content (AvgIpc) is 2.26. The SMILES string of the molecule is COC(=O)CCc1ccccc1[C]=O. The first-order valence-corrected chi connectivity index (χ1v) is 4.31. The van der Waals surface area contributed by atoms with Gasteiger partial charge >= 0.3 is 5.97 Å². The molecule has 1 aromatic carbocycles. The van der Waals surface area contributed by atoms with Crippen LogP contribution in [0.25, 0.3) is 0 Å². The van der Waals surface area contributed by atoms with E-state index in [1.165, 1.54) is 7.11 Å². The van der Waals surface area contributed by atoms with Crippen LogP contribution in [0, 0.1) is 0 Å². The minimum absolute atomic E-state index is 0.272. The van der Waals surface area contributed by atoms with Crippen molar-refractivity contribution in [2.75, 3.05) is 7.11 Å². The maximum absolute atomic E-state index is 10.9. The van der Waals surface area contributed by atoms with Crippen molar-refractivity contribution in [3.8, 4) is 0 Å². The van der Waals surface area contributed by atoms with Gasteiger partial charge in [0.05, 0.1) is 7.11 Å². The van der Waals surface area contributed by atoms with Gasteiger partial charge in [0, 0.05) is 12.0 Å². The predicted octanol–water partition coefficient (Wildman–Crippen LogP) is 1.25. The van der Waals surface area contributed by atoms with E-state index >= 15 is 0 Å². The summed E-state index contributed by atoms with van der Waals surface area (Å²) in [6, 6.07) is 7.08. The van der Waals surface area contributed by atoms with E-state index < -0.39 is 0 Å². The Morgan fingerprint density at radius 1 is 1.43 bits per heavy atom. The lowest BCUT2D eigenvalue weighted by atomic mass is 10.0. The Kier molecular flexibility index (Phi) is 3.85. The Labute approximate surface area is 82.7 Å². The Morgan fingerprint density at radius 2 is 2.14 bits per heavy atom. The molecule has 0 N–H and O–H groups in total. The number of benzene rings is 1. The van der Waals surface area contributed by atoms with Gasteiger partial charge in [0.2, 0.25) is 6.29 Å². The Morgan fingerprint density at radius 3 is 2.79 bits per heavy atom. The normalized spacial score (nSPS) is 9.50. The molecule has 0 saturated heterocycles. The van der Waals surface area contributed by atoms with Crippen LogP contribution in [0.2, 0.25) is 0 Å². The highest BCUT2D eigenvalue weighted by Crippen LogP contribution is 2.08. The van der Waals surface area contributed by atoms with E-state index in [-0.39, 0.29) is 12.4 Å². The van der Waals surface area contributed by atoms with Crippen LogP contribution in [0.5, 0.6) is 0 Å². The molecular weight excluding hydrogens is 180 g/mol. The van der Waals surface area contributed by atoms with Crippen molar-refractivity contribution in [3.05, 3.63) is 35.4 Å². The summed E-state index contributed by atoms with van der Waals surface area (Å²) in [4.78, 5) is 21.4. The predicted molar refractivity (Wildman–Crippen MR) is 51.6 cm³/mol. The smallest absolute Gasteiger partial charge is 0.305 e. The third-order valence-electron chi connectivity index (χ3n) is 1.95. The lowest BCUT2D eigenvalue weighted by molar-refractivity contribution is -0.140. The first-order chi connectivity index (χ1) is 6.77. The second-order valence-corrected chi connectivity index (χ2v) is 2.84. The minimum Gasteiger partial charge on any atom is -0.469 e. The van der Waals surface area contributed by atoms with E-state index in [0.29, 0.717) is 12.0 Å². The van der Waals surface area contributed by atoms with Crippen molar-refractivity contribution in [2.24, 2.45) is 0 Å². The molecule has 0 spiro atoms. The minimum atomic E-state index is -0.272. The zero-order valence-electron chi connectivity index (χ0n) is 7.95. The highest BCUT2D eigenvalue weighted by Gasteiger charge is 2.04. The third kappa shape index (κ3) is 2.69. The van der Waals surface area contributed by atoms with Crippen molar-refractivity contribution in [3.63, 3.8) is 0 Å². The molecule has 1 radical (unpaired) electrons. The molecule has 1 aromatic rings. The Balaban J connectivity index is 2.66. The molecule has 0 unspecified atom stereocenters. The maximum atomic E-state index is 10.9. The fourth-order valence-corrected chi connectivity index (χ4v) is 1.18. The number of esters is 1. The van der Waals surface area contributed by atoms with Gasteiger partial charge < -0.3 is 4.74 Å². The molecule has 0 heterocycles. The summed E-state index contributed by atoms with van der Waals surface area (Å²) in [5.41, 5.74) is 1.34. The van der Waals surface area contributed by atoms with Crippen molar-refractivity contribution < 1.29 is 14.3 Å². The molecule has 0 atom stereocenters. The molecule has 0 aromatic heterocycles. The first-order valence-electron chi connectivity index (χ1n) is 4.31. The van der Waals surface area contributed by atoms with E-state index in [4.69, 9.17) is 0 Å². The second kappa shape index (κ2) is 5.17. The summed E-state index contributed by atoms with van der Waals surface area (Å²) in [5, 5.41) is 0. The number of ether oxygens (including phenoxy) is 1. The molecule has 0 aliphatic heterocycles. The largest absolute Gasteiger partial charge is 0.469 e. The van der Waals surface area contributed by atoms with E-state index in [2.05, 4.69) is 4.74 Å². The van der Waals surface area contributed by atoms with Crippen LogP contribution in [0.1, 0.15) is 17.5 Å². The van der Waals surface area contributed by atoms with E-state index in [1.807, 2.05) is 18.4 Å². The molecule has 3 heteroatoms. The molecule has 0 bridgehead atoms. The van der Waals surface area contributed by atoms with Crippen LogP contribution < -0.4 is 0 Å². The van der Waals surface area contributed by atoms with Gasteiger partial charge in [0.1, 0.15) is 0 Å². The fourth-order valence-electron chi connectivity index (χ4n) is 1.18. The van der Waals surface area contributed by atoms with Crippen molar-refractivity contribution >= 4 is 12.3 Å². The van der Waals surface area contributed by atoms with Gasteiger partial charge in [-0.05, 0) is 12.0 Å². The number of hydrogen-bond donors (Lipinski definition) is 0. The molecule has 0 amide bonds. The summed E-state index contributed by atoms with van der Waals surface area (Å²) in [5.74, 6) is -0.272. The van der Waals surface area contributed by atoms with Crippen molar-refractivity contribution in [1.82, 2.24) is 0 Å². The zero-order chi connectivity index (χ0) is 10.4. The third-order valence-corrected chi connectivity index (χ3v) is 1.95. The first kappa shape index (κ1) is 10.4. The quantitative estimate of drug-likeness (QED) is 0.673. The molecule has 1 rings (SSSR count). The van der Waals surface area contributed by atoms with Gasteiger partial charge in [-0.15, -0.1) is 0 Å². The molecule has 0 aliphatic rings. The molecule has 0 saturated carbocycles. The number of rotatable bonds is 4. The summed E-state index contributed by atoms with van der Waals surface area (Å²) in [6.45, 7) is 0. The number of aryl methyl sites for hydroxylation is 1. The molecule has 0 aliphatic carbocycles. The van der Waals surface area contributed by atoms with Gasteiger partial charge in [-0.3, -0.25) is 9.59 Å². The zero-order valence-corrected chi connectivity index (χ0v) is 7.95. The average molecular weight is 191 g/mol. The lowest BCUT2D eigenvalue weighted by Gasteiger charge is -2.02. The Bertz CT molecular complexity index is 331. The monoisotopic (exact) mass is 191 g/mol. The maximum Gasteiger partial charge on any atom is 0.305 e. The topological polar surface area (TPSA) is 43.4 Å². The summed E-state index contributed by atoms with van der Waals surface area (Å²) in [7, 11) is 1.35. The van der Waals surface area contributed by atoms with Crippen LogP contribution in [0.4, 0.5) is 0 Å². The number of carbonyl (C=O) groups excluding carboxylic acids is 2. The van der Waals surface area contributed by atoms with Crippen LogP contribution in [0.15, 0.2) is 24.3 Å². The van der Waals surface area contributed by atoms with E-state index in [9.17, 15) is 9.59 Å². The Hall–Kier alpha value is -1.64. The summed E-state index contributed by atoms with van der Waals surface area (Å²) >= 11 is 0. The number of methoxy groups -OCH3 is 1. The van der Waals surface area contributed by atoms with Gasteiger partial charge in [-0.25, -0.2) is 0 Å². The van der Waals surface area contributed by atoms with Crippen molar-refractivity contribution in [2.45, 2.75) is 12.8 Å². The number of hydrogen-bond acceptors (Lipinski definition) is 3. The second-order valence-electron chi connectivity index (χ2n) is 2.84. The molecule has 73 valence electrons. The van der Waals surface area contributed by atoms with Gasteiger partial charge in [0.15, 0.2) is 0 Å². The standard InChI is InChI=1S/C11H11O3/c1-14-11(13)7-6-9-4-2-3-5-10(9)8-12/h2-5H,6-7H2,1H3. The molecule has 0 fully saturated rings. The molecular formula is C11H11O3. The highest BCUT2D eigenvalue weighted by atomic mass is 16.5. The van der Waals surface area contributed by atoms with Crippen molar-refractivity contribution in [1.29, 1.82) is 0 Å². The molecule has 3 nitrogen and oxygen atoms in total. The highest BCUT2D eigenvalue weighted by molar-refractivity contribution is 5.78. The lowest BCUT2D eigenvalue weighted by Crippen LogP contribution is -2.03. The van der Waals surface area contributed by atoms with E-state index in [1.54, 1.807) is 12.1 Å². The summed E-state index contributed by atoms with van der Waals surface area (Å²) in [6.07, 6.45) is 2.63. The van der Waals surface area contributed by atoms with Crippen LogP contribution in [-0.4, -0.2) is 19.4 Å². The number of carbonyl (C=O) groups is 1.